The number of hydrogen-bond donors (Lipinski definition) is 0. The van der Waals surface area contributed by atoms with Crippen LogP contribution < -0.4 is 0 Å². The van der Waals surface area contributed by atoms with Crippen LogP contribution in [0.25, 0.3) is 11.4 Å². The lowest BCUT2D eigenvalue weighted by Gasteiger charge is -2.37. The molecule has 25 heavy (non-hydrogen) atoms. The van der Waals surface area contributed by atoms with Gasteiger partial charge in [-0.2, -0.15) is 0 Å². The summed E-state index contributed by atoms with van der Waals surface area (Å²) in [5.41, 5.74) is 0.985. The van der Waals surface area contributed by atoms with Crippen LogP contribution in [0.3, 0.4) is 0 Å². The monoisotopic (exact) mass is 342 g/mol. The van der Waals surface area contributed by atoms with E-state index in [0.717, 1.165) is 43.4 Å². The zero-order valence-electron chi connectivity index (χ0n) is 15.9. The Morgan fingerprint density at radius 2 is 1.60 bits per heavy atom. The van der Waals surface area contributed by atoms with E-state index in [1.54, 1.807) is 0 Å². The van der Waals surface area contributed by atoms with E-state index in [2.05, 4.69) is 63.2 Å². The highest BCUT2D eigenvalue weighted by Gasteiger charge is 2.18. The lowest BCUT2D eigenvalue weighted by atomic mass is 10.2. The van der Waals surface area contributed by atoms with Crippen molar-refractivity contribution < 1.29 is 0 Å². The molecule has 0 bridgehead atoms. The predicted molar refractivity (Wildman–Crippen MR) is 100 cm³/mol. The molecule has 1 saturated heterocycles. The molecule has 0 atom stereocenters. The lowest BCUT2D eigenvalue weighted by Crippen LogP contribution is -2.49. The van der Waals surface area contributed by atoms with Crippen molar-refractivity contribution in [1.82, 2.24) is 29.3 Å². The van der Waals surface area contributed by atoms with Crippen LogP contribution in [0.1, 0.15) is 39.4 Å². The van der Waals surface area contributed by atoms with Gasteiger partial charge >= 0.3 is 0 Å². The maximum Gasteiger partial charge on any atom is 0.143 e. The van der Waals surface area contributed by atoms with Gasteiger partial charge in [0.1, 0.15) is 11.6 Å². The molecular weight excluding hydrogens is 312 g/mol. The Morgan fingerprint density at radius 1 is 0.920 bits per heavy atom. The van der Waals surface area contributed by atoms with Crippen LogP contribution in [0.5, 0.6) is 0 Å². The fourth-order valence-corrected chi connectivity index (χ4v) is 3.25. The summed E-state index contributed by atoms with van der Waals surface area (Å²) in [4.78, 5) is 18.5. The standard InChI is InChI=1S/C19H30N6/c1-15(2)18-21-13-17(14-22-18)19-20-5-6-25(19)12-9-23-7-10-24(11-8-23)16(3)4/h5-6,13-16H,7-12H2,1-4H3. The highest BCUT2D eigenvalue weighted by molar-refractivity contribution is 5.52. The summed E-state index contributed by atoms with van der Waals surface area (Å²) in [5.74, 6) is 2.18. The Labute approximate surface area is 150 Å². The molecule has 2 aromatic rings. The fraction of sp³-hybridized carbons (Fsp3) is 0.632. The zero-order valence-corrected chi connectivity index (χ0v) is 15.9. The smallest absolute Gasteiger partial charge is 0.143 e. The molecule has 1 fully saturated rings. The van der Waals surface area contributed by atoms with Crippen molar-refractivity contribution in [2.45, 2.75) is 46.2 Å². The van der Waals surface area contributed by atoms with Gasteiger partial charge in [0.2, 0.25) is 0 Å². The van der Waals surface area contributed by atoms with Crippen LogP contribution in [0.2, 0.25) is 0 Å². The third kappa shape index (κ3) is 4.44. The Hall–Kier alpha value is -1.79. The summed E-state index contributed by atoms with van der Waals surface area (Å²) in [6.45, 7) is 15.4. The van der Waals surface area contributed by atoms with Crippen molar-refractivity contribution in [2.24, 2.45) is 0 Å². The van der Waals surface area contributed by atoms with E-state index in [1.807, 2.05) is 18.6 Å². The van der Waals surface area contributed by atoms with Crippen molar-refractivity contribution in [3.8, 4) is 11.4 Å². The van der Waals surface area contributed by atoms with Crippen molar-refractivity contribution in [1.29, 1.82) is 0 Å². The first kappa shape index (κ1) is 18.0. The highest BCUT2D eigenvalue weighted by Crippen LogP contribution is 2.17. The molecule has 0 unspecified atom stereocenters. The average molecular weight is 342 g/mol. The van der Waals surface area contributed by atoms with E-state index >= 15 is 0 Å². The molecule has 0 aliphatic carbocycles. The van der Waals surface area contributed by atoms with Gasteiger partial charge < -0.3 is 4.57 Å². The summed E-state index contributed by atoms with van der Waals surface area (Å²) < 4.78 is 2.21. The molecule has 0 N–H and O–H groups in total. The summed E-state index contributed by atoms with van der Waals surface area (Å²) in [6, 6.07) is 0.649. The Kier molecular flexibility index (Phi) is 5.81. The van der Waals surface area contributed by atoms with Gasteiger partial charge in [-0.25, -0.2) is 15.0 Å². The average Bonchev–Trinajstić information content (AvgIpc) is 3.09. The number of hydrogen-bond acceptors (Lipinski definition) is 5. The van der Waals surface area contributed by atoms with Gasteiger partial charge in [-0.15, -0.1) is 0 Å². The second-order valence-electron chi connectivity index (χ2n) is 7.40. The topological polar surface area (TPSA) is 50.1 Å². The van der Waals surface area contributed by atoms with Crippen LogP contribution in [-0.2, 0) is 6.54 Å². The maximum atomic E-state index is 4.52. The van der Waals surface area contributed by atoms with E-state index in [4.69, 9.17) is 0 Å². The normalized spacial score (nSPS) is 16.9. The van der Waals surface area contributed by atoms with Crippen LogP contribution in [0.4, 0.5) is 0 Å². The Morgan fingerprint density at radius 3 is 2.20 bits per heavy atom. The molecular formula is C19H30N6. The molecule has 3 heterocycles. The molecule has 1 aliphatic heterocycles. The van der Waals surface area contributed by atoms with Gasteiger partial charge in [0.25, 0.3) is 0 Å². The van der Waals surface area contributed by atoms with Crippen molar-refractivity contribution in [2.75, 3.05) is 32.7 Å². The fourth-order valence-electron chi connectivity index (χ4n) is 3.25. The minimum absolute atomic E-state index is 0.346. The first-order chi connectivity index (χ1) is 12.0. The van der Waals surface area contributed by atoms with Gasteiger partial charge in [0.05, 0.1) is 5.56 Å². The molecule has 1 aliphatic rings. The number of imidazole rings is 1. The summed E-state index contributed by atoms with van der Waals surface area (Å²) in [7, 11) is 0. The van der Waals surface area contributed by atoms with Crippen LogP contribution in [0.15, 0.2) is 24.8 Å². The highest BCUT2D eigenvalue weighted by atomic mass is 15.3. The number of aromatic nitrogens is 4. The number of rotatable bonds is 6. The second kappa shape index (κ2) is 8.06. The minimum Gasteiger partial charge on any atom is -0.330 e. The van der Waals surface area contributed by atoms with Gasteiger partial charge in [-0.05, 0) is 13.8 Å². The predicted octanol–water partition coefficient (Wildman–Crippen LogP) is 2.49. The van der Waals surface area contributed by atoms with E-state index in [1.165, 1.54) is 13.1 Å². The first-order valence-corrected chi connectivity index (χ1v) is 9.34. The van der Waals surface area contributed by atoms with E-state index in [0.29, 0.717) is 12.0 Å². The van der Waals surface area contributed by atoms with Crippen LogP contribution in [0, 0.1) is 0 Å². The van der Waals surface area contributed by atoms with Crippen molar-refractivity contribution >= 4 is 0 Å². The Balaban J connectivity index is 1.59. The molecule has 6 heteroatoms. The second-order valence-corrected chi connectivity index (χ2v) is 7.40. The van der Waals surface area contributed by atoms with E-state index in [9.17, 15) is 0 Å². The molecule has 6 nitrogen and oxygen atoms in total. The molecule has 2 aromatic heterocycles. The molecule has 3 rings (SSSR count). The van der Waals surface area contributed by atoms with Crippen LogP contribution >= 0.6 is 0 Å². The number of piperazine rings is 1. The SMILES string of the molecule is CC(C)c1ncc(-c2nccn2CCN2CCN(C(C)C)CC2)cn1. The minimum atomic E-state index is 0.346. The van der Waals surface area contributed by atoms with Gasteiger partial charge in [-0.1, -0.05) is 13.8 Å². The first-order valence-electron chi connectivity index (χ1n) is 9.34. The number of nitrogens with zero attached hydrogens (tertiary/aromatic N) is 6. The van der Waals surface area contributed by atoms with Crippen LogP contribution in [-0.4, -0.2) is 68.1 Å². The summed E-state index contributed by atoms with van der Waals surface area (Å²) in [6.07, 6.45) is 7.70. The summed E-state index contributed by atoms with van der Waals surface area (Å²) in [5, 5.41) is 0. The molecule has 0 radical (unpaired) electrons. The quantitative estimate of drug-likeness (QED) is 0.807. The lowest BCUT2D eigenvalue weighted by molar-refractivity contribution is 0.106. The summed E-state index contributed by atoms with van der Waals surface area (Å²) >= 11 is 0. The molecule has 0 amide bonds. The van der Waals surface area contributed by atoms with Gasteiger partial charge in [-0.3, -0.25) is 9.80 Å². The van der Waals surface area contributed by atoms with Gasteiger partial charge in [0.15, 0.2) is 0 Å². The zero-order chi connectivity index (χ0) is 17.8. The largest absolute Gasteiger partial charge is 0.330 e. The maximum absolute atomic E-state index is 4.52. The van der Waals surface area contributed by atoms with E-state index < -0.39 is 0 Å². The Bertz CT molecular complexity index is 653. The van der Waals surface area contributed by atoms with Crippen molar-refractivity contribution in [3.05, 3.63) is 30.6 Å². The molecule has 136 valence electrons. The third-order valence-corrected chi connectivity index (χ3v) is 4.96. The molecule has 0 spiro atoms. The van der Waals surface area contributed by atoms with Gasteiger partial charge in [0, 0.05) is 76.0 Å². The molecule has 0 aromatic carbocycles. The van der Waals surface area contributed by atoms with E-state index in [-0.39, 0.29) is 0 Å². The van der Waals surface area contributed by atoms with Crippen molar-refractivity contribution in [3.63, 3.8) is 0 Å². The molecule has 0 saturated carbocycles. The third-order valence-electron chi connectivity index (χ3n) is 4.96.